The lowest BCUT2D eigenvalue weighted by atomic mass is 10.1. The first-order valence-corrected chi connectivity index (χ1v) is 9.01. The van der Waals surface area contributed by atoms with Gasteiger partial charge in [-0.3, -0.25) is 4.79 Å². The van der Waals surface area contributed by atoms with E-state index in [2.05, 4.69) is 5.32 Å². The number of fused-ring (bicyclic) bond motifs is 1. The monoisotopic (exact) mass is 373 g/mol. The summed E-state index contributed by atoms with van der Waals surface area (Å²) < 4.78 is 30.3. The number of hydrogen-bond donors (Lipinski definition) is 1. The maximum atomic E-state index is 13.1. The molecule has 0 aromatic heterocycles. The van der Waals surface area contributed by atoms with E-state index in [4.69, 9.17) is 14.2 Å². The zero-order valence-corrected chi connectivity index (χ0v) is 16.0. The lowest BCUT2D eigenvalue weighted by molar-refractivity contribution is -0.128. The van der Waals surface area contributed by atoms with Crippen LogP contribution in [-0.2, 0) is 11.2 Å². The number of nitrogens with one attached hydrogen (secondary N) is 1. The summed E-state index contributed by atoms with van der Waals surface area (Å²) in [5, 5.41) is 2.87. The molecular formula is C21H24FNO4. The molecule has 0 spiro atoms. The highest BCUT2D eigenvalue weighted by Crippen LogP contribution is 2.38. The summed E-state index contributed by atoms with van der Waals surface area (Å²) in [6.07, 6.45) is 0.904. The topological polar surface area (TPSA) is 56.8 Å². The maximum Gasteiger partial charge on any atom is 0.268 e. The first-order valence-electron chi connectivity index (χ1n) is 9.01. The van der Waals surface area contributed by atoms with Gasteiger partial charge in [0.05, 0.1) is 12.3 Å². The Labute approximate surface area is 158 Å². The van der Waals surface area contributed by atoms with Crippen molar-refractivity contribution in [2.45, 2.75) is 45.8 Å². The zero-order valence-electron chi connectivity index (χ0n) is 16.0. The number of carbonyl (C=O) groups excluding carboxylic acids is 1. The molecule has 1 amide bonds. The number of halogens is 1. The summed E-state index contributed by atoms with van der Waals surface area (Å²) in [5.74, 6) is 1.04. The molecule has 1 N–H and O–H groups in total. The Morgan fingerprint density at radius 1 is 1.30 bits per heavy atom. The van der Waals surface area contributed by atoms with Gasteiger partial charge in [0.25, 0.3) is 5.91 Å². The van der Waals surface area contributed by atoms with Gasteiger partial charge in [0.2, 0.25) is 0 Å². The van der Waals surface area contributed by atoms with Gasteiger partial charge in [-0.05, 0) is 58.0 Å². The van der Waals surface area contributed by atoms with Crippen LogP contribution in [0.1, 0.15) is 33.3 Å². The van der Waals surface area contributed by atoms with Crippen LogP contribution in [0.15, 0.2) is 36.4 Å². The van der Waals surface area contributed by atoms with Gasteiger partial charge in [0, 0.05) is 18.1 Å². The van der Waals surface area contributed by atoms with Crippen molar-refractivity contribution < 1.29 is 23.4 Å². The van der Waals surface area contributed by atoms with E-state index >= 15 is 0 Å². The number of anilines is 1. The summed E-state index contributed by atoms with van der Waals surface area (Å²) >= 11 is 0. The van der Waals surface area contributed by atoms with Crippen molar-refractivity contribution in [1.82, 2.24) is 0 Å². The lowest BCUT2D eigenvalue weighted by Gasteiger charge is -2.26. The molecule has 1 heterocycles. The molecule has 0 fully saturated rings. The van der Waals surface area contributed by atoms with Crippen LogP contribution in [0.4, 0.5) is 10.1 Å². The SMILES string of the molecule is CCOc1cc2c(cc1NC(=O)C(C)(C)Oc1ccc(F)cc1)OC(C)C2. The summed E-state index contributed by atoms with van der Waals surface area (Å²) in [6.45, 7) is 7.67. The molecule has 0 aliphatic carbocycles. The molecule has 27 heavy (non-hydrogen) atoms. The first-order chi connectivity index (χ1) is 12.8. The van der Waals surface area contributed by atoms with E-state index in [0.717, 1.165) is 17.7 Å². The first kappa shape index (κ1) is 19.0. The maximum absolute atomic E-state index is 13.1. The van der Waals surface area contributed by atoms with Crippen LogP contribution < -0.4 is 19.5 Å². The van der Waals surface area contributed by atoms with Gasteiger partial charge in [-0.2, -0.15) is 0 Å². The molecule has 0 radical (unpaired) electrons. The second-order valence-corrected chi connectivity index (χ2v) is 7.04. The van der Waals surface area contributed by atoms with Crippen LogP contribution in [0, 0.1) is 5.82 Å². The minimum atomic E-state index is -1.17. The van der Waals surface area contributed by atoms with Crippen LogP contribution >= 0.6 is 0 Å². The molecule has 3 rings (SSSR count). The van der Waals surface area contributed by atoms with Crippen LogP contribution in [0.5, 0.6) is 17.2 Å². The Morgan fingerprint density at radius 2 is 2.00 bits per heavy atom. The number of ether oxygens (including phenoxy) is 3. The fraction of sp³-hybridized carbons (Fsp3) is 0.381. The highest BCUT2D eigenvalue weighted by molar-refractivity contribution is 5.98. The van der Waals surface area contributed by atoms with Crippen LogP contribution in [-0.4, -0.2) is 24.2 Å². The van der Waals surface area contributed by atoms with E-state index in [0.29, 0.717) is 23.8 Å². The van der Waals surface area contributed by atoms with Gasteiger partial charge in [-0.1, -0.05) is 0 Å². The average Bonchev–Trinajstić information content (AvgIpc) is 2.96. The predicted octanol–water partition coefficient (Wildman–Crippen LogP) is 4.34. The molecule has 5 nitrogen and oxygen atoms in total. The van der Waals surface area contributed by atoms with Crippen molar-refractivity contribution in [2.24, 2.45) is 0 Å². The van der Waals surface area contributed by atoms with E-state index in [1.807, 2.05) is 19.9 Å². The zero-order chi connectivity index (χ0) is 19.6. The second kappa shape index (κ2) is 7.47. The van der Waals surface area contributed by atoms with Crippen LogP contribution in [0.25, 0.3) is 0 Å². The van der Waals surface area contributed by atoms with E-state index in [1.54, 1.807) is 19.9 Å². The van der Waals surface area contributed by atoms with Gasteiger partial charge >= 0.3 is 0 Å². The number of amides is 1. The molecule has 0 saturated carbocycles. The van der Waals surface area contributed by atoms with E-state index < -0.39 is 5.60 Å². The van der Waals surface area contributed by atoms with Crippen molar-refractivity contribution in [2.75, 3.05) is 11.9 Å². The normalized spacial score (nSPS) is 15.7. The molecule has 6 heteroatoms. The molecule has 0 bridgehead atoms. The van der Waals surface area contributed by atoms with Crippen molar-refractivity contribution in [3.05, 3.63) is 47.8 Å². The molecule has 0 saturated heterocycles. The van der Waals surface area contributed by atoms with Gasteiger partial charge < -0.3 is 19.5 Å². The summed E-state index contributed by atoms with van der Waals surface area (Å²) in [5.41, 5.74) is 0.422. The molecular weight excluding hydrogens is 349 g/mol. The van der Waals surface area contributed by atoms with Gasteiger partial charge in [0.1, 0.15) is 29.2 Å². The summed E-state index contributed by atoms with van der Waals surface area (Å²) in [6, 6.07) is 9.24. The largest absolute Gasteiger partial charge is 0.492 e. The van der Waals surface area contributed by atoms with Crippen molar-refractivity contribution in [3.63, 3.8) is 0 Å². The number of hydrogen-bond acceptors (Lipinski definition) is 4. The summed E-state index contributed by atoms with van der Waals surface area (Å²) in [4.78, 5) is 12.8. The van der Waals surface area contributed by atoms with Gasteiger partial charge in [-0.15, -0.1) is 0 Å². The number of rotatable bonds is 6. The predicted molar refractivity (Wildman–Crippen MR) is 101 cm³/mol. The molecule has 1 aliphatic heterocycles. The minimum Gasteiger partial charge on any atom is -0.492 e. The molecule has 1 unspecified atom stereocenters. The fourth-order valence-corrected chi connectivity index (χ4v) is 2.93. The summed E-state index contributed by atoms with van der Waals surface area (Å²) in [7, 11) is 0. The number of carbonyl (C=O) groups is 1. The quantitative estimate of drug-likeness (QED) is 0.818. The highest BCUT2D eigenvalue weighted by Gasteiger charge is 2.31. The Bertz CT molecular complexity index is 833. The van der Waals surface area contributed by atoms with Gasteiger partial charge in [-0.25, -0.2) is 4.39 Å². The molecule has 2 aromatic carbocycles. The lowest BCUT2D eigenvalue weighted by Crippen LogP contribution is -2.42. The Kier molecular flexibility index (Phi) is 5.26. The molecule has 1 atom stereocenters. The smallest absolute Gasteiger partial charge is 0.268 e. The highest BCUT2D eigenvalue weighted by atomic mass is 19.1. The average molecular weight is 373 g/mol. The van der Waals surface area contributed by atoms with Crippen molar-refractivity contribution >= 4 is 11.6 Å². The third kappa shape index (κ3) is 4.32. The van der Waals surface area contributed by atoms with Crippen LogP contribution in [0.3, 0.4) is 0 Å². The van der Waals surface area contributed by atoms with Crippen molar-refractivity contribution in [3.8, 4) is 17.2 Å². The minimum absolute atomic E-state index is 0.0960. The Balaban J connectivity index is 1.79. The third-order valence-corrected chi connectivity index (χ3v) is 4.28. The van der Waals surface area contributed by atoms with E-state index in [-0.39, 0.29) is 17.8 Å². The number of benzene rings is 2. The fourth-order valence-electron chi connectivity index (χ4n) is 2.93. The molecule has 1 aliphatic rings. The standard InChI is InChI=1S/C21H24FNO4/c1-5-25-19-11-14-10-13(2)26-18(14)12-17(19)23-20(24)21(3,4)27-16-8-6-15(22)7-9-16/h6-9,11-13H,5,10H2,1-4H3,(H,23,24). The second-order valence-electron chi connectivity index (χ2n) is 7.04. The molecule has 2 aromatic rings. The van der Waals surface area contributed by atoms with E-state index in [1.165, 1.54) is 24.3 Å². The van der Waals surface area contributed by atoms with Crippen LogP contribution in [0.2, 0.25) is 0 Å². The Hall–Kier alpha value is -2.76. The third-order valence-electron chi connectivity index (χ3n) is 4.28. The van der Waals surface area contributed by atoms with E-state index in [9.17, 15) is 9.18 Å². The van der Waals surface area contributed by atoms with Crippen molar-refractivity contribution in [1.29, 1.82) is 0 Å². The Morgan fingerprint density at radius 3 is 2.67 bits per heavy atom. The molecule has 144 valence electrons. The van der Waals surface area contributed by atoms with Gasteiger partial charge in [0.15, 0.2) is 5.60 Å².